The van der Waals surface area contributed by atoms with E-state index in [0.29, 0.717) is 11.4 Å². The Hall–Kier alpha value is -1.68. The van der Waals surface area contributed by atoms with Crippen LogP contribution in [0.1, 0.15) is 49.0 Å². The van der Waals surface area contributed by atoms with E-state index in [1.807, 2.05) is 0 Å². The normalized spacial score (nSPS) is 18.5. The van der Waals surface area contributed by atoms with Crippen LogP contribution >= 0.6 is 11.6 Å². The third-order valence-electron chi connectivity index (χ3n) is 4.47. The van der Waals surface area contributed by atoms with Crippen LogP contribution in [-0.2, 0) is 12.8 Å². The molecule has 0 N–H and O–H groups in total. The maximum Gasteiger partial charge on any atom is 0.292 e. The average molecular weight is 369 g/mol. The van der Waals surface area contributed by atoms with Gasteiger partial charge in [0.15, 0.2) is 17.7 Å². The number of ether oxygens (including phenoxy) is 1. The quantitative estimate of drug-likeness (QED) is 0.545. The fourth-order valence-corrected chi connectivity index (χ4v) is 3.33. The van der Waals surface area contributed by atoms with Gasteiger partial charge in [-0.1, -0.05) is 49.6 Å². The summed E-state index contributed by atoms with van der Waals surface area (Å²) in [4.78, 5) is 0. The minimum atomic E-state index is -3.12. The van der Waals surface area contributed by atoms with E-state index in [1.54, 1.807) is 6.07 Å². The van der Waals surface area contributed by atoms with Gasteiger partial charge in [0.2, 0.25) is 0 Å². The van der Waals surface area contributed by atoms with Crippen molar-refractivity contribution < 1.29 is 17.9 Å². The van der Waals surface area contributed by atoms with E-state index in [-0.39, 0.29) is 16.9 Å². The Labute approximate surface area is 150 Å². The number of hydrogen-bond acceptors (Lipinski definition) is 1. The van der Waals surface area contributed by atoms with Gasteiger partial charge < -0.3 is 4.74 Å². The number of rotatable bonds is 5. The lowest BCUT2D eigenvalue weighted by molar-refractivity contribution is -0.110. The standard InChI is InChI=1S/C20H20ClF3O/c1-2-3-4-5-13-10-15-12-20(23,24)19(25-18(15)17(22)11-13)14-6-8-16(21)9-7-14/h6-11,19H,2-5,12H2,1H3. The van der Waals surface area contributed by atoms with Crippen LogP contribution < -0.4 is 4.74 Å². The molecule has 1 unspecified atom stereocenters. The first-order valence-corrected chi connectivity index (χ1v) is 8.89. The topological polar surface area (TPSA) is 9.23 Å². The molecule has 5 heteroatoms. The van der Waals surface area contributed by atoms with Gasteiger partial charge >= 0.3 is 0 Å². The van der Waals surface area contributed by atoms with Crippen molar-refractivity contribution in [2.75, 3.05) is 0 Å². The maximum absolute atomic E-state index is 14.6. The molecule has 1 nitrogen and oxygen atoms in total. The first kappa shape index (κ1) is 18.1. The number of aryl methyl sites for hydroxylation is 1. The number of hydrogen-bond donors (Lipinski definition) is 0. The van der Waals surface area contributed by atoms with Gasteiger partial charge in [-0.05, 0) is 42.2 Å². The number of halogens is 4. The van der Waals surface area contributed by atoms with Crippen LogP contribution in [0.2, 0.25) is 5.02 Å². The lowest BCUT2D eigenvalue weighted by Crippen LogP contribution is -2.37. The van der Waals surface area contributed by atoms with Crippen molar-refractivity contribution in [2.45, 2.75) is 51.1 Å². The smallest absolute Gasteiger partial charge is 0.292 e. The van der Waals surface area contributed by atoms with Gasteiger partial charge in [0.25, 0.3) is 5.92 Å². The van der Waals surface area contributed by atoms with Crippen LogP contribution in [0.25, 0.3) is 0 Å². The molecule has 25 heavy (non-hydrogen) atoms. The molecule has 0 fully saturated rings. The van der Waals surface area contributed by atoms with Crippen LogP contribution in [-0.4, -0.2) is 5.92 Å². The van der Waals surface area contributed by atoms with Gasteiger partial charge in [-0.3, -0.25) is 0 Å². The number of benzene rings is 2. The Balaban J connectivity index is 1.90. The lowest BCUT2D eigenvalue weighted by atomic mass is 9.92. The third-order valence-corrected chi connectivity index (χ3v) is 4.72. The summed E-state index contributed by atoms with van der Waals surface area (Å²) < 4.78 is 49.1. The summed E-state index contributed by atoms with van der Waals surface area (Å²) in [5, 5.41) is 0.450. The monoisotopic (exact) mass is 368 g/mol. The van der Waals surface area contributed by atoms with Crippen molar-refractivity contribution in [3.63, 3.8) is 0 Å². The molecule has 0 aliphatic carbocycles. The summed E-state index contributed by atoms with van der Waals surface area (Å²) in [6.07, 6.45) is 1.64. The van der Waals surface area contributed by atoms with E-state index in [0.717, 1.165) is 24.8 Å². The molecule has 0 saturated carbocycles. The summed E-state index contributed by atoms with van der Waals surface area (Å²) in [5.41, 5.74) is 1.27. The molecule has 3 rings (SSSR count). The second-order valence-corrected chi connectivity index (χ2v) is 6.95. The SMILES string of the molecule is CCCCCc1cc(F)c2c(c1)CC(F)(F)C(c1ccc(Cl)cc1)O2. The highest BCUT2D eigenvalue weighted by molar-refractivity contribution is 6.30. The molecule has 134 valence electrons. The zero-order chi connectivity index (χ0) is 18.0. The molecular weight excluding hydrogens is 349 g/mol. The molecule has 2 aromatic rings. The molecule has 0 bridgehead atoms. The average Bonchev–Trinajstić information content (AvgIpc) is 2.55. The fourth-order valence-electron chi connectivity index (χ4n) is 3.20. The molecule has 1 heterocycles. The van der Waals surface area contributed by atoms with Crippen LogP contribution in [0.3, 0.4) is 0 Å². The molecule has 0 radical (unpaired) electrons. The predicted octanol–water partition coefficient (Wildman–Crippen LogP) is 6.52. The van der Waals surface area contributed by atoms with Crippen molar-refractivity contribution in [1.82, 2.24) is 0 Å². The lowest BCUT2D eigenvalue weighted by Gasteiger charge is -2.34. The van der Waals surface area contributed by atoms with Crippen molar-refractivity contribution in [2.24, 2.45) is 0 Å². The molecule has 1 aliphatic heterocycles. The Morgan fingerprint density at radius 3 is 2.56 bits per heavy atom. The predicted molar refractivity (Wildman–Crippen MR) is 93.1 cm³/mol. The second-order valence-electron chi connectivity index (χ2n) is 6.51. The number of alkyl halides is 2. The van der Waals surface area contributed by atoms with Gasteiger partial charge in [0.05, 0.1) is 0 Å². The zero-order valence-corrected chi connectivity index (χ0v) is 14.8. The van der Waals surface area contributed by atoms with Gasteiger partial charge in [0, 0.05) is 17.0 Å². The fraction of sp³-hybridized carbons (Fsp3) is 0.400. The van der Waals surface area contributed by atoms with E-state index in [9.17, 15) is 13.2 Å². The van der Waals surface area contributed by atoms with E-state index in [1.165, 1.54) is 30.3 Å². The molecule has 1 aliphatic rings. The highest BCUT2D eigenvalue weighted by Gasteiger charge is 2.47. The van der Waals surface area contributed by atoms with E-state index in [4.69, 9.17) is 16.3 Å². The van der Waals surface area contributed by atoms with E-state index < -0.39 is 24.3 Å². The minimum Gasteiger partial charge on any atom is -0.476 e. The largest absolute Gasteiger partial charge is 0.476 e. The van der Waals surface area contributed by atoms with Crippen molar-refractivity contribution in [3.05, 3.63) is 63.9 Å². The number of fused-ring (bicyclic) bond motifs is 1. The summed E-state index contributed by atoms with van der Waals surface area (Å²) in [6, 6.07) is 9.08. The van der Waals surface area contributed by atoms with Crippen molar-refractivity contribution in [1.29, 1.82) is 0 Å². The van der Waals surface area contributed by atoms with Crippen molar-refractivity contribution in [3.8, 4) is 5.75 Å². The van der Waals surface area contributed by atoms with Crippen LogP contribution in [0, 0.1) is 5.82 Å². The van der Waals surface area contributed by atoms with Crippen molar-refractivity contribution >= 4 is 11.6 Å². The van der Waals surface area contributed by atoms with Gasteiger partial charge in [-0.2, -0.15) is 0 Å². The van der Waals surface area contributed by atoms with Gasteiger partial charge in [-0.25, -0.2) is 13.2 Å². The molecule has 0 amide bonds. The third kappa shape index (κ3) is 3.95. The Kier molecular flexibility index (Phi) is 5.28. The highest BCUT2D eigenvalue weighted by atomic mass is 35.5. The maximum atomic E-state index is 14.6. The Morgan fingerprint density at radius 1 is 1.16 bits per heavy atom. The molecule has 1 atom stereocenters. The van der Waals surface area contributed by atoms with E-state index in [2.05, 4.69) is 6.92 Å². The second kappa shape index (κ2) is 7.28. The van der Waals surface area contributed by atoms with Crippen LogP contribution in [0.4, 0.5) is 13.2 Å². The first-order valence-electron chi connectivity index (χ1n) is 8.52. The molecule has 0 saturated heterocycles. The summed E-state index contributed by atoms with van der Waals surface area (Å²) in [6.45, 7) is 2.08. The number of unbranched alkanes of at least 4 members (excludes halogenated alkanes) is 2. The highest BCUT2D eigenvalue weighted by Crippen LogP contribution is 2.46. The first-order chi connectivity index (χ1) is 11.9. The minimum absolute atomic E-state index is 0.0647. The Morgan fingerprint density at radius 2 is 1.88 bits per heavy atom. The van der Waals surface area contributed by atoms with Gasteiger partial charge in [-0.15, -0.1) is 0 Å². The van der Waals surface area contributed by atoms with Crippen LogP contribution in [0.5, 0.6) is 5.75 Å². The van der Waals surface area contributed by atoms with Gasteiger partial charge in [0.1, 0.15) is 0 Å². The zero-order valence-electron chi connectivity index (χ0n) is 14.0. The molecule has 0 aromatic heterocycles. The Bertz CT molecular complexity index is 743. The molecular formula is C20H20ClF3O. The molecule has 2 aromatic carbocycles. The van der Waals surface area contributed by atoms with Crippen LogP contribution in [0.15, 0.2) is 36.4 Å². The summed E-state index contributed by atoms with van der Waals surface area (Å²) in [5.74, 6) is -3.75. The van der Waals surface area contributed by atoms with E-state index >= 15 is 0 Å². The summed E-state index contributed by atoms with van der Waals surface area (Å²) >= 11 is 5.81. The summed E-state index contributed by atoms with van der Waals surface area (Å²) in [7, 11) is 0. The molecule has 0 spiro atoms.